The molecule has 0 saturated carbocycles. The molecular formula is C12H17F2N3O2. The van der Waals surface area contributed by atoms with E-state index in [0.717, 1.165) is 5.56 Å². The summed E-state index contributed by atoms with van der Waals surface area (Å²) in [6.07, 6.45) is -4.41. The molecule has 1 aromatic carbocycles. The van der Waals surface area contributed by atoms with Gasteiger partial charge in [-0.1, -0.05) is 35.5 Å². The Balaban J connectivity index is 2.70. The van der Waals surface area contributed by atoms with Crippen molar-refractivity contribution in [1.29, 1.82) is 0 Å². The lowest BCUT2D eigenvalue weighted by Crippen LogP contribution is -2.36. The first-order valence-electron chi connectivity index (χ1n) is 5.75. The molecule has 0 aliphatic carbocycles. The van der Waals surface area contributed by atoms with Crippen LogP contribution in [0, 0.1) is 0 Å². The van der Waals surface area contributed by atoms with Crippen molar-refractivity contribution in [3.8, 4) is 0 Å². The van der Waals surface area contributed by atoms with Crippen LogP contribution in [0.1, 0.15) is 18.0 Å². The van der Waals surface area contributed by atoms with Crippen LogP contribution >= 0.6 is 0 Å². The number of rotatable bonds is 7. The molecule has 0 aliphatic rings. The number of alkyl halides is 2. The van der Waals surface area contributed by atoms with Crippen LogP contribution in [0.15, 0.2) is 35.5 Å². The molecule has 0 aromatic heterocycles. The third kappa shape index (κ3) is 5.19. The van der Waals surface area contributed by atoms with E-state index in [1.165, 1.54) is 0 Å². The number of oxime groups is 1. The molecule has 5 nitrogen and oxygen atoms in total. The first-order valence-corrected chi connectivity index (χ1v) is 5.75. The zero-order valence-electron chi connectivity index (χ0n) is 10.2. The number of halogens is 2. The van der Waals surface area contributed by atoms with Gasteiger partial charge in [-0.2, -0.15) is 0 Å². The largest absolute Gasteiger partial charge is 0.409 e. The predicted molar refractivity (Wildman–Crippen MR) is 67.2 cm³/mol. The Hall–Kier alpha value is -1.73. The van der Waals surface area contributed by atoms with Crippen molar-refractivity contribution in [3.05, 3.63) is 35.9 Å². The van der Waals surface area contributed by atoms with Gasteiger partial charge in [-0.25, -0.2) is 8.78 Å². The maximum absolute atomic E-state index is 12.2. The van der Waals surface area contributed by atoms with Crippen LogP contribution in [0.4, 0.5) is 8.78 Å². The highest BCUT2D eigenvalue weighted by molar-refractivity contribution is 5.80. The van der Waals surface area contributed by atoms with Crippen molar-refractivity contribution in [2.45, 2.75) is 25.0 Å². The van der Waals surface area contributed by atoms with Crippen molar-refractivity contribution in [2.24, 2.45) is 10.9 Å². The Kier molecular flexibility index (Phi) is 6.17. The van der Waals surface area contributed by atoms with E-state index in [-0.39, 0.29) is 18.8 Å². The molecule has 19 heavy (non-hydrogen) atoms. The van der Waals surface area contributed by atoms with Gasteiger partial charge >= 0.3 is 0 Å². The van der Waals surface area contributed by atoms with Gasteiger partial charge in [0.15, 0.2) is 0 Å². The van der Waals surface area contributed by atoms with Gasteiger partial charge in [0.05, 0.1) is 0 Å². The Morgan fingerprint density at radius 3 is 2.47 bits per heavy atom. The summed E-state index contributed by atoms with van der Waals surface area (Å²) in [5, 5.41) is 23.3. The van der Waals surface area contributed by atoms with Crippen LogP contribution in [-0.4, -0.2) is 35.2 Å². The number of aliphatic hydroxyl groups is 1. The zero-order valence-corrected chi connectivity index (χ0v) is 10.2. The fourth-order valence-electron chi connectivity index (χ4n) is 1.60. The van der Waals surface area contributed by atoms with E-state index in [9.17, 15) is 8.78 Å². The van der Waals surface area contributed by atoms with Crippen molar-refractivity contribution >= 4 is 5.84 Å². The molecule has 0 heterocycles. The second-order valence-corrected chi connectivity index (χ2v) is 4.07. The van der Waals surface area contributed by atoms with Gasteiger partial charge in [-0.3, -0.25) is 0 Å². The highest BCUT2D eigenvalue weighted by Crippen LogP contribution is 2.16. The molecule has 1 aromatic rings. The molecule has 0 radical (unpaired) electrons. The number of hydrogen-bond donors (Lipinski definition) is 4. The number of benzene rings is 1. The molecule has 0 saturated heterocycles. The Morgan fingerprint density at radius 1 is 1.32 bits per heavy atom. The number of hydrogen-bond acceptors (Lipinski definition) is 4. The highest BCUT2D eigenvalue weighted by atomic mass is 19.3. The third-order valence-electron chi connectivity index (χ3n) is 2.61. The van der Waals surface area contributed by atoms with E-state index in [1.54, 1.807) is 24.3 Å². The topological polar surface area (TPSA) is 90.9 Å². The Morgan fingerprint density at radius 2 is 1.95 bits per heavy atom. The molecule has 1 rings (SSSR count). The van der Waals surface area contributed by atoms with E-state index in [2.05, 4.69) is 10.5 Å². The van der Waals surface area contributed by atoms with Gasteiger partial charge in [-0.05, 0) is 5.56 Å². The van der Waals surface area contributed by atoms with Gasteiger partial charge in [0.1, 0.15) is 11.9 Å². The molecule has 0 aliphatic heterocycles. The first kappa shape index (κ1) is 15.3. The summed E-state index contributed by atoms with van der Waals surface area (Å²) in [6.45, 7) is -0.282. The van der Waals surface area contributed by atoms with Crippen molar-refractivity contribution in [1.82, 2.24) is 5.32 Å². The molecule has 0 spiro atoms. The lowest BCUT2D eigenvalue weighted by atomic mass is 10.0. The summed E-state index contributed by atoms with van der Waals surface area (Å²) < 4.78 is 24.5. The summed E-state index contributed by atoms with van der Waals surface area (Å²) in [4.78, 5) is 0. The van der Waals surface area contributed by atoms with E-state index < -0.39 is 18.6 Å². The van der Waals surface area contributed by atoms with Gasteiger partial charge < -0.3 is 21.4 Å². The van der Waals surface area contributed by atoms with E-state index in [0.29, 0.717) is 0 Å². The van der Waals surface area contributed by atoms with Crippen LogP contribution in [0.25, 0.3) is 0 Å². The first-order chi connectivity index (χ1) is 9.04. The number of aliphatic hydroxyl groups excluding tert-OH is 1. The zero-order chi connectivity index (χ0) is 14.3. The molecule has 0 bridgehead atoms. The minimum atomic E-state index is -2.81. The minimum absolute atomic E-state index is 0.0205. The normalized spacial score (nSPS) is 15.5. The average Bonchev–Trinajstić information content (AvgIpc) is 2.43. The fraction of sp³-hybridized carbons (Fsp3) is 0.417. The fourth-order valence-corrected chi connectivity index (χ4v) is 1.60. The number of amidine groups is 1. The lowest BCUT2D eigenvalue weighted by Gasteiger charge is -2.20. The van der Waals surface area contributed by atoms with E-state index >= 15 is 0 Å². The second-order valence-electron chi connectivity index (χ2n) is 4.07. The Bertz CT molecular complexity index is 401. The maximum atomic E-state index is 12.2. The summed E-state index contributed by atoms with van der Waals surface area (Å²) in [5.41, 5.74) is 6.23. The second kappa shape index (κ2) is 7.65. The molecule has 5 N–H and O–H groups in total. The van der Waals surface area contributed by atoms with Gasteiger partial charge in [0.2, 0.25) is 0 Å². The molecule has 106 valence electrons. The van der Waals surface area contributed by atoms with Crippen molar-refractivity contribution in [2.75, 3.05) is 6.54 Å². The minimum Gasteiger partial charge on any atom is -0.409 e. The molecule has 0 amide bonds. The average molecular weight is 273 g/mol. The van der Waals surface area contributed by atoms with Crippen LogP contribution < -0.4 is 11.1 Å². The predicted octanol–water partition coefficient (Wildman–Crippen LogP) is 1.08. The molecule has 7 heteroatoms. The van der Waals surface area contributed by atoms with Gasteiger partial charge in [-0.15, -0.1) is 0 Å². The van der Waals surface area contributed by atoms with E-state index in [1.807, 2.05) is 6.07 Å². The number of nitrogens with two attached hydrogens (primary N) is 1. The van der Waals surface area contributed by atoms with Crippen LogP contribution in [0.2, 0.25) is 0 Å². The summed E-state index contributed by atoms with van der Waals surface area (Å²) >= 11 is 0. The third-order valence-corrected chi connectivity index (χ3v) is 2.61. The number of nitrogens with zero attached hydrogens (tertiary/aromatic N) is 1. The summed E-state index contributed by atoms with van der Waals surface area (Å²) in [7, 11) is 0. The van der Waals surface area contributed by atoms with E-state index in [4.69, 9.17) is 16.0 Å². The molecule has 0 fully saturated rings. The Labute approximate surface area is 109 Å². The standard InChI is InChI=1S/C12H17F2N3O2/c13-12(14)10(18)7-16-9(6-11(15)17-19)8-4-2-1-3-5-8/h1-5,9-10,12,16,18-19H,6-7H2,(H2,15,17). The van der Waals surface area contributed by atoms with Crippen LogP contribution in [-0.2, 0) is 0 Å². The molecule has 2 atom stereocenters. The van der Waals surface area contributed by atoms with Gasteiger partial charge in [0.25, 0.3) is 6.43 Å². The maximum Gasteiger partial charge on any atom is 0.265 e. The van der Waals surface area contributed by atoms with Gasteiger partial charge in [0, 0.05) is 19.0 Å². The van der Waals surface area contributed by atoms with Crippen molar-refractivity contribution < 1.29 is 19.1 Å². The van der Waals surface area contributed by atoms with Crippen LogP contribution in [0.5, 0.6) is 0 Å². The quantitative estimate of drug-likeness (QED) is 0.259. The smallest absolute Gasteiger partial charge is 0.265 e. The van der Waals surface area contributed by atoms with Crippen molar-refractivity contribution in [3.63, 3.8) is 0 Å². The number of nitrogens with one attached hydrogen (secondary N) is 1. The molecule has 2 unspecified atom stereocenters. The summed E-state index contributed by atoms with van der Waals surface area (Å²) in [6, 6.07) is 8.57. The summed E-state index contributed by atoms with van der Waals surface area (Å²) in [5.74, 6) is -0.0205. The highest BCUT2D eigenvalue weighted by Gasteiger charge is 2.20. The molecular weight excluding hydrogens is 256 g/mol. The van der Waals surface area contributed by atoms with Crippen LogP contribution in [0.3, 0.4) is 0 Å². The SMILES string of the molecule is N/C(CC(NCC(O)C(F)F)c1ccccc1)=N/O. The monoisotopic (exact) mass is 273 g/mol. The lowest BCUT2D eigenvalue weighted by molar-refractivity contribution is -0.00456.